The molecule has 172 valence electrons. The molecule has 4 amide bonds. The maximum atomic E-state index is 13.3. The van der Waals surface area contributed by atoms with Crippen LogP contribution in [0, 0.1) is 0 Å². The minimum Gasteiger partial charge on any atom is -0.497 e. The van der Waals surface area contributed by atoms with Crippen LogP contribution in [0.5, 0.6) is 5.75 Å². The summed E-state index contributed by atoms with van der Waals surface area (Å²) < 4.78 is 5.18. The van der Waals surface area contributed by atoms with Gasteiger partial charge < -0.3 is 25.6 Å². The lowest BCUT2D eigenvalue weighted by molar-refractivity contribution is -0.120. The molecule has 0 bridgehead atoms. The van der Waals surface area contributed by atoms with Gasteiger partial charge in [0.05, 0.1) is 24.4 Å². The molecule has 0 saturated carbocycles. The molecule has 2 heterocycles. The van der Waals surface area contributed by atoms with Crippen molar-refractivity contribution in [1.82, 2.24) is 15.5 Å². The number of hydrogen-bond donors (Lipinski definition) is 3. The molecule has 2 aromatic rings. The van der Waals surface area contributed by atoms with Crippen molar-refractivity contribution in [1.29, 1.82) is 0 Å². The average molecular weight is 449 g/mol. The summed E-state index contributed by atoms with van der Waals surface area (Å²) in [5.41, 5.74) is 2.76. The fourth-order valence-electron chi connectivity index (χ4n) is 4.19. The number of hydrogen-bond acceptors (Lipinski definition) is 4. The van der Waals surface area contributed by atoms with Crippen LogP contribution in [0.4, 0.5) is 10.5 Å². The van der Waals surface area contributed by atoms with Crippen molar-refractivity contribution in [2.24, 2.45) is 0 Å². The molecule has 1 saturated heterocycles. The predicted molar refractivity (Wildman–Crippen MR) is 127 cm³/mol. The molecule has 2 aliphatic heterocycles. The lowest BCUT2D eigenvalue weighted by Crippen LogP contribution is -2.54. The van der Waals surface area contributed by atoms with Gasteiger partial charge in [0.2, 0.25) is 5.91 Å². The Balaban J connectivity index is 1.54. The van der Waals surface area contributed by atoms with Crippen molar-refractivity contribution in [2.45, 2.75) is 38.4 Å². The zero-order valence-electron chi connectivity index (χ0n) is 18.9. The third-order valence-corrected chi connectivity index (χ3v) is 5.78. The van der Waals surface area contributed by atoms with E-state index in [1.165, 1.54) is 0 Å². The number of carbonyl (C=O) groups excluding carboxylic acids is 3. The maximum Gasteiger partial charge on any atom is 0.315 e. The third-order valence-electron chi connectivity index (χ3n) is 5.78. The van der Waals surface area contributed by atoms with E-state index in [1.54, 1.807) is 24.1 Å². The molecule has 8 heteroatoms. The van der Waals surface area contributed by atoms with Crippen LogP contribution in [0.1, 0.15) is 41.8 Å². The number of fused-ring (bicyclic) bond motifs is 2. The molecule has 4 rings (SSSR count). The number of urea groups is 1. The Morgan fingerprint density at radius 3 is 2.52 bits per heavy atom. The van der Waals surface area contributed by atoms with Crippen molar-refractivity contribution < 1.29 is 19.1 Å². The van der Waals surface area contributed by atoms with Crippen LogP contribution in [0.25, 0.3) is 12.2 Å². The molecule has 2 aromatic carbocycles. The SMILES string of the molecule is COc1ccc(C=Cc2ccc3c(c2)C(=O)N2CC[C@@H](NC(=O)NC(C)C)[C@H]2C(=O)N3)cc1. The number of ether oxygens (including phenoxy) is 1. The predicted octanol–water partition coefficient (Wildman–Crippen LogP) is 3.11. The summed E-state index contributed by atoms with van der Waals surface area (Å²) in [7, 11) is 1.62. The molecule has 1 fully saturated rings. The molecule has 2 aliphatic rings. The summed E-state index contributed by atoms with van der Waals surface area (Å²) in [6.07, 6.45) is 4.39. The van der Waals surface area contributed by atoms with E-state index < -0.39 is 12.1 Å². The van der Waals surface area contributed by atoms with Gasteiger partial charge in [-0.3, -0.25) is 9.59 Å². The quantitative estimate of drug-likeness (QED) is 0.612. The summed E-state index contributed by atoms with van der Waals surface area (Å²) in [4.78, 5) is 40.0. The van der Waals surface area contributed by atoms with Gasteiger partial charge in [0.25, 0.3) is 5.91 Å². The van der Waals surface area contributed by atoms with Gasteiger partial charge >= 0.3 is 6.03 Å². The minimum atomic E-state index is -0.749. The van der Waals surface area contributed by atoms with Gasteiger partial charge in [0.1, 0.15) is 11.8 Å². The minimum absolute atomic E-state index is 0.0271. The topological polar surface area (TPSA) is 99.8 Å². The maximum absolute atomic E-state index is 13.3. The number of benzene rings is 2. The molecule has 0 spiro atoms. The highest BCUT2D eigenvalue weighted by Gasteiger charge is 2.45. The molecule has 0 unspecified atom stereocenters. The van der Waals surface area contributed by atoms with Crippen molar-refractivity contribution in [3.8, 4) is 5.75 Å². The summed E-state index contributed by atoms with van der Waals surface area (Å²) in [6, 6.07) is 11.5. The largest absolute Gasteiger partial charge is 0.497 e. The van der Waals surface area contributed by atoms with E-state index in [0.717, 1.165) is 16.9 Å². The highest BCUT2D eigenvalue weighted by Crippen LogP contribution is 2.30. The second kappa shape index (κ2) is 9.36. The second-order valence-electron chi connectivity index (χ2n) is 8.51. The molecular weight excluding hydrogens is 420 g/mol. The number of nitrogens with one attached hydrogen (secondary N) is 3. The van der Waals surface area contributed by atoms with Gasteiger partial charge in [-0.2, -0.15) is 0 Å². The number of methoxy groups -OCH3 is 1. The monoisotopic (exact) mass is 448 g/mol. The summed E-state index contributed by atoms with van der Waals surface area (Å²) in [5, 5.41) is 8.48. The Labute approximate surface area is 193 Å². The lowest BCUT2D eigenvalue weighted by Gasteiger charge is -2.25. The third kappa shape index (κ3) is 4.84. The van der Waals surface area contributed by atoms with Crippen molar-refractivity contribution in [3.63, 3.8) is 0 Å². The van der Waals surface area contributed by atoms with E-state index in [2.05, 4.69) is 16.0 Å². The summed E-state index contributed by atoms with van der Waals surface area (Å²) in [5.74, 6) is 0.269. The van der Waals surface area contributed by atoms with E-state index in [4.69, 9.17) is 4.74 Å². The first kappa shape index (κ1) is 22.4. The van der Waals surface area contributed by atoms with Crippen molar-refractivity contribution in [2.75, 3.05) is 19.0 Å². The van der Waals surface area contributed by atoms with Crippen LogP contribution in [0.2, 0.25) is 0 Å². The van der Waals surface area contributed by atoms with Gasteiger partial charge in [-0.1, -0.05) is 30.4 Å². The van der Waals surface area contributed by atoms with Gasteiger partial charge in [0.15, 0.2) is 0 Å². The molecular formula is C25H28N4O4. The molecule has 3 N–H and O–H groups in total. The first-order valence-corrected chi connectivity index (χ1v) is 11.0. The number of rotatable bonds is 5. The van der Waals surface area contributed by atoms with Gasteiger partial charge in [-0.15, -0.1) is 0 Å². The van der Waals surface area contributed by atoms with Crippen LogP contribution in [-0.2, 0) is 4.79 Å². The Bertz CT molecular complexity index is 1090. The molecule has 0 radical (unpaired) electrons. The number of amides is 4. The zero-order valence-corrected chi connectivity index (χ0v) is 18.9. The molecule has 0 aliphatic carbocycles. The fraction of sp³-hybridized carbons (Fsp3) is 0.320. The van der Waals surface area contributed by atoms with Crippen LogP contribution in [0.15, 0.2) is 42.5 Å². The number of carbonyl (C=O) groups is 3. The first-order valence-electron chi connectivity index (χ1n) is 11.0. The molecule has 33 heavy (non-hydrogen) atoms. The highest BCUT2D eigenvalue weighted by molar-refractivity contribution is 6.11. The van der Waals surface area contributed by atoms with Gasteiger partial charge in [0, 0.05) is 12.6 Å². The smallest absolute Gasteiger partial charge is 0.315 e. The van der Waals surface area contributed by atoms with Gasteiger partial charge in [-0.25, -0.2) is 4.79 Å². The van der Waals surface area contributed by atoms with E-state index in [9.17, 15) is 14.4 Å². The zero-order chi connectivity index (χ0) is 23.5. The van der Waals surface area contributed by atoms with E-state index in [-0.39, 0.29) is 23.9 Å². The van der Waals surface area contributed by atoms with Crippen LogP contribution >= 0.6 is 0 Å². The Morgan fingerprint density at radius 1 is 1.12 bits per heavy atom. The average Bonchev–Trinajstić information content (AvgIpc) is 3.16. The Kier molecular flexibility index (Phi) is 6.35. The second-order valence-corrected chi connectivity index (χ2v) is 8.51. The standard InChI is InChI=1S/C25H28N4O4/c1-15(2)26-25(32)28-21-12-13-29-22(21)23(30)27-20-11-8-17(14-19(20)24(29)31)5-4-16-6-9-18(33-3)10-7-16/h4-11,14-15,21-22H,12-13H2,1-3H3,(H,27,30)(H2,26,28,32)/t21-,22+/m1/s1. The van der Waals surface area contributed by atoms with Crippen LogP contribution in [-0.4, -0.2) is 54.5 Å². The molecule has 0 aromatic heterocycles. The summed E-state index contributed by atoms with van der Waals surface area (Å²) >= 11 is 0. The highest BCUT2D eigenvalue weighted by atomic mass is 16.5. The normalized spacial score (nSPS) is 19.7. The Hall–Kier alpha value is -3.81. The summed E-state index contributed by atoms with van der Waals surface area (Å²) in [6.45, 7) is 4.12. The molecule has 2 atom stereocenters. The van der Waals surface area contributed by atoms with E-state index >= 15 is 0 Å². The van der Waals surface area contributed by atoms with E-state index in [0.29, 0.717) is 24.2 Å². The van der Waals surface area contributed by atoms with Crippen molar-refractivity contribution in [3.05, 3.63) is 59.2 Å². The van der Waals surface area contributed by atoms with Crippen LogP contribution < -0.4 is 20.7 Å². The number of anilines is 1. The van der Waals surface area contributed by atoms with Crippen LogP contribution in [0.3, 0.4) is 0 Å². The lowest BCUT2D eigenvalue weighted by atomic mass is 10.1. The Morgan fingerprint density at radius 2 is 1.82 bits per heavy atom. The van der Waals surface area contributed by atoms with Crippen molar-refractivity contribution >= 4 is 35.7 Å². The van der Waals surface area contributed by atoms with Gasteiger partial charge in [-0.05, 0) is 55.7 Å². The van der Waals surface area contributed by atoms with E-state index in [1.807, 2.05) is 56.3 Å². The molecule has 8 nitrogen and oxygen atoms in total. The number of nitrogens with zero attached hydrogens (tertiary/aromatic N) is 1. The first-order chi connectivity index (χ1) is 15.9. The fourth-order valence-corrected chi connectivity index (χ4v) is 4.19.